The van der Waals surface area contributed by atoms with Crippen LogP contribution in [-0.2, 0) is 0 Å². The zero-order valence-electron chi connectivity index (χ0n) is 8.14. The molecule has 0 bridgehead atoms. The van der Waals surface area contributed by atoms with E-state index in [9.17, 15) is 9.90 Å². The minimum absolute atomic E-state index is 0.0740. The monoisotopic (exact) mass is 219 g/mol. The van der Waals surface area contributed by atoms with E-state index in [0.29, 0.717) is 11.3 Å². The van der Waals surface area contributed by atoms with Gasteiger partial charge in [0.05, 0.1) is 5.69 Å². The third kappa shape index (κ3) is 1.73. The zero-order chi connectivity index (χ0) is 11.5. The first kappa shape index (κ1) is 10.2. The highest BCUT2D eigenvalue weighted by Gasteiger charge is 2.11. The van der Waals surface area contributed by atoms with Gasteiger partial charge in [-0.1, -0.05) is 12.1 Å². The summed E-state index contributed by atoms with van der Waals surface area (Å²) in [6.07, 6.45) is 0. The second kappa shape index (κ2) is 4.03. The quantitative estimate of drug-likeness (QED) is 0.445. The van der Waals surface area contributed by atoms with Crippen LogP contribution in [0.5, 0.6) is 5.75 Å². The largest absolute Gasteiger partial charge is 0.507 e. The van der Waals surface area contributed by atoms with Gasteiger partial charge >= 0.3 is 0 Å². The Morgan fingerprint density at radius 3 is 2.81 bits per heavy atom. The van der Waals surface area contributed by atoms with Crippen molar-refractivity contribution in [3.8, 4) is 17.0 Å². The number of carbonyl (C=O) groups is 1. The summed E-state index contributed by atoms with van der Waals surface area (Å²) >= 11 is 0. The topological polar surface area (TPSA) is 98.2 Å². The number of aromatic amines is 1. The number of para-hydroxylation sites is 1. The maximum absolute atomic E-state index is 11.0. The smallest absolute Gasteiger partial charge is 0.292 e. The van der Waals surface area contributed by atoms with E-state index in [4.69, 9.17) is 5.21 Å². The van der Waals surface area contributed by atoms with Crippen molar-refractivity contribution in [1.82, 2.24) is 15.7 Å². The molecule has 0 radical (unpaired) electrons. The van der Waals surface area contributed by atoms with Crippen LogP contribution in [0.4, 0.5) is 0 Å². The van der Waals surface area contributed by atoms with Crippen molar-refractivity contribution in [1.29, 1.82) is 0 Å². The molecule has 2 rings (SSSR count). The number of hydroxylamine groups is 1. The molecule has 0 spiro atoms. The second-order valence-electron chi connectivity index (χ2n) is 3.12. The summed E-state index contributed by atoms with van der Waals surface area (Å²) in [6, 6.07) is 8.06. The van der Waals surface area contributed by atoms with Gasteiger partial charge < -0.3 is 5.11 Å². The van der Waals surface area contributed by atoms with Gasteiger partial charge in [-0.3, -0.25) is 15.1 Å². The number of aromatic hydroxyl groups is 1. The number of aromatic nitrogens is 2. The summed E-state index contributed by atoms with van der Waals surface area (Å²) < 4.78 is 0. The van der Waals surface area contributed by atoms with Crippen LogP contribution in [-0.4, -0.2) is 26.4 Å². The first-order valence-corrected chi connectivity index (χ1v) is 4.50. The van der Waals surface area contributed by atoms with Crippen molar-refractivity contribution in [3.63, 3.8) is 0 Å². The van der Waals surface area contributed by atoms with Crippen LogP contribution in [0.1, 0.15) is 10.5 Å². The number of phenolic OH excluding ortho intramolecular Hbond substituents is 1. The first-order chi connectivity index (χ1) is 7.72. The standard InChI is InChI=1S/C10H9N3O3/c14-9-4-2-1-3-6(9)7-5-8(12-11-7)10(15)13-16/h1-5,14,16H,(H,11,12)(H,13,15). The highest BCUT2D eigenvalue weighted by atomic mass is 16.5. The summed E-state index contributed by atoms with van der Waals surface area (Å²) in [5.41, 5.74) is 2.54. The Balaban J connectivity index is 2.39. The molecule has 1 heterocycles. The predicted octanol–water partition coefficient (Wildman–Crippen LogP) is 0.901. The minimum atomic E-state index is -0.686. The number of hydrogen-bond donors (Lipinski definition) is 4. The molecule has 1 aromatic carbocycles. The van der Waals surface area contributed by atoms with Crippen LogP contribution in [0.2, 0.25) is 0 Å². The highest BCUT2D eigenvalue weighted by molar-refractivity contribution is 5.92. The maximum Gasteiger partial charge on any atom is 0.292 e. The molecule has 0 aliphatic carbocycles. The van der Waals surface area contributed by atoms with Crippen LogP contribution in [0.15, 0.2) is 30.3 Å². The number of carbonyl (C=O) groups excluding carboxylic acids is 1. The molecule has 0 aliphatic heterocycles. The number of benzene rings is 1. The number of nitrogens with one attached hydrogen (secondary N) is 2. The van der Waals surface area contributed by atoms with E-state index in [2.05, 4.69) is 10.2 Å². The van der Waals surface area contributed by atoms with Crippen molar-refractivity contribution < 1.29 is 15.1 Å². The average Bonchev–Trinajstić information content (AvgIpc) is 2.78. The van der Waals surface area contributed by atoms with Crippen LogP contribution in [0.3, 0.4) is 0 Å². The lowest BCUT2D eigenvalue weighted by Crippen LogP contribution is -2.18. The van der Waals surface area contributed by atoms with Gasteiger partial charge in [0.15, 0.2) is 0 Å². The van der Waals surface area contributed by atoms with Crippen LogP contribution < -0.4 is 5.48 Å². The number of hydrogen-bond acceptors (Lipinski definition) is 4. The Bertz CT molecular complexity index is 522. The summed E-state index contributed by atoms with van der Waals surface area (Å²) in [6.45, 7) is 0. The predicted molar refractivity (Wildman–Crippen MR) is 54.9 cm³/mol. The van der Waals surface area contributed by atoms with E-state index in [-0.39, 0.29) is 11.4 Å². The molecule has 6 heteroatoms. The first-order valence-electron chi connectivity index (χ1n) is 4.50. The van der Waals surface area contributed by atoms with Crippen molar-refractivity contribution in [3.05, 3.63) is 36.0 Å². The summed E-state index contributed by atoms with van der Waals surface area (Å²) in [7, 11) is 0. The van der Waals surface area contributed by atoms with Gasteiger partial charge in [-0.05, 0) is 18.2 Å². The van der Waals surface area contributed by atoms with Gasteiger partial charge in [0.2, 0.25) is 0 Å². The minimum Gasteiger partial charge on any atom is -0.507 e. The van der Waals surface area contributed by atoms with Gasteiger partial charge in [-0.15, -0.1) is 0 Å². The highest BCUT2D eigenvalue weighted by Crippen LogP contribution is 2.27. The Morgan fingerprint density at radius 2 is 2.12 bits per heavy atom. The third-order valence-electron chi connectivity index (χ3n) is 2.10. The van der Waals surface area contributed by atoms with E-state index < -0.39 is 5.91 Å². The summed E-state index contributed by atoms with van der Waals surface area (Å²) in [5, 5.41) is 24.3. The molecule has 4 N–H and O–H groups in total. The Morgan fingerprint density at radius 1 is 1.38 bits per heavy atom. The van der Waals surface area contributed by atoms with Crippen molar-refractivity contribution in [2.45, 2.75) is 0 Å². The second-order valence-corrected chi connectivity index (χ2v) is 3.12. The number of rotatable bonds is 2. The number of phenols is 1. The van der Waals surface area contributed by atoms with Gasteiger partial charge in [-0.25, -0.2) is 5.48 Å². The molecule has 1 amide bonds. The molecular weight excluding hydrogens is 210 g/mol. The van der Waals surface area contributed by atoms with E-state index in [1.165, 1.54) is 17.6 Å². The summed E-state index contributed by atoms with van der Waals surface area (Å²) in [5.74, 6) is -0.612. The molecular formula is C10H9N3O3. The zero-order valence-corrected chi connectivity index (χ0v) is 8.14. The Labute approximate surface area is 90.5 Å². The molecule has 2 aromatic rings. The van der Waals surface area contributed by atoms with Gasteiger partial charge in [0.25, 0.3) is 5.91 Å². The lowest BCUT2D eigenvalue weighted by molar-refractivity contribution is 0.0700. The molecule has 0 saturated carbocycles. The Kier molecular flexibility index (Phi) is 2.57. The molecule has 0 aliphatic rings. The van der Waals surface area contributed by atoms with E-state index in [0.717, 1.165) is 0 Å². The average molecular weight is 219 g/mol. The van der Waals surface area contributed by atoms with Crippen molar-refractivity contribution >= 4 is 5.91 Å². The van der Waals surface area contributed by atoms with Gasteiger partial charge in [0.1, 0.15) is 11.4 Å². The molecule has 0 fully saturated rings. The fraction of sp³-hybridized carbons (Fsp3) is 0. The molecule has 82 valence electrons. The lowest BCUT2D eigenvalue weighted by atomic mass is 10.1. The fourth-order valence-electron chi connectivity index (χ4n) is 1.33. The normalized spacial score (nSPS) is 10.1. The number of H-pyrrole nitrogens is 1. The maximum atomic E-state index is 11.0. The molecule has 0 atom stereocenters. The number of nitrogens with zero attached hydrogens (tertiary/aromatic N) is 1. The van der Waals surface area contributed by atoms with Crippen molar-refractivity contribution in [2.24, 2.45) is 0 Å². The molecule has 0 unspecified atom stereocenters. The van der Waals surface area contributed by atoms with Crippen LogP contribution in [0.25, 0.3) is 11.3 Å². The van der Waals surface area contributed by atoms with Crippen molar-refractivity contribution in [2.75, 3.05) is 0 Å². The summed E-state index contributed by atoms with van der Waals surface area (Å²) in [4.78, 5) is 11.0. The fourth-order valence-corrected chi connectivity index (χ4v) is 1.33. The van der Waals surface area contributed by atoms with Gasteiger partial charge in [-0.2, -0.15) is 5.10 Å². The van der Waals surface area contributed by atoms with E-state index >= 15 is 0 Å². The molecule has 0 saturated heterocycles. The van der Waals surface area contributed by atoms with E-state index in [1.54, 1.807) is 18.2 Å². The van der Waals surface area contributed by atoms with Gasteiger partial charge in [0, 0.05) is 5.56 Å². The Hall–Kier alpha value is -2.34. The lowest BCUT2D eigenvalue weighted by Gasteiger charge is -1.98. The molecule has 6 nitrogen and oxygen atoms in total. The molecule has 1 aromatic heterocycles. The SMILES string of the molecule is O=C(NO)c1cc(-c2ccccc2O)n[nH]1. The molecule has 16 heavy (non-hydrogen) atoms. The van der Waals surface area contributed by atoms with E-state index in [1.807, 2.05) is 0 Å². The third-order valence-corrected chi connectivity index (χ3v) is 2.10. The van der Waals surface area contributed by atoms with Crippen LogP contribution in [0, 0.1) is 0 Å². The van der Waals surface area contributed by atoms with Crippen LogP contribution >= 0.6 is 0 Å². The number of amides is 1.